The molecule has 2 unspecified atom stereocenters. The molecule has 0 bridgehead atoms. The van der Waals surface area contributed by atoms with Gasteiger partial charge >= 0.3 is 0 Å². The third kappa shape index (κ3) is 2.56. The quantitative estimate of drug-likeness (QED) is 0.851. The Morgan fingerprint density at radius 3 is 2.50 bits per heavy atom. The molecule has 2 rings (SSSR count). The van der Waals surface area contributed by atoms with Gasteiger partial charge in [-0.15, -0.1) is 0 Å². The van der Waals surface area contributed by atoms with Crippen molar-refractivity contribution in [1.82, 2.24) is 14.9 Å². The minimum Gasteiger partial charge on any atom is -0.349 e. The van der Waals surface area contributed by atoms with Crippen molar-refractivity contribution in [3.05, 3.63) is 22.7 Å². The van der Waals surface area contributed by atoms with Gasteiger partial charge in [0.15, 0.2) is 5.82 Å². The second-order valence-electron chi connectivity index (χ2n) is 5.43. The zero-order chi connectivity index (χ0) is 13.3. The molecule has 100 valence electrons. The maximum atomic E-state index is 12.4. The Morgan fingerprint density at radius 2 is 1.94 bits per heavy atom. The minimum atomic E-state index is 0.00815. The number of aromatic nitrogens is 2. The highest BCUT2D eigenvalue weighted by Gasteiger charge is 2.24. The third-order valence-electron chi connectivity index (χ3n) is 3.26. The first-order chi connectivity index (χ1) is 8.49. The van der Waals surface area contributed by atoms with Gasteiger partial charge < -0.3 is 14.8 Å². The molecule has 5 heteroatoms. The summed E-state index contributed by atoms with van der Waals surface area (Å²) in [5.41, 5.74) is 0.00815. The molecule has 5 nitrogen and oxygen atoms in total. The van der Waals surface area contributed by atoms with Crippen LogP contribution in [-0.4, -0.2) is 34.7 Å². The Labute approximate surface area is 108 Å². The lowest BCUT2D eigenvalue weighted by Gasteiger charge is -2.36. The number of hydrogen-bond acceptors (Lipinski definition) is 4. The smallest absolute Gasteiger partial charge is 0.293 e. The van der Waals surface area contributed by atoms with Gasteiger partial charge in [-0.05, 0) is 27.7 Å². The molecular formula is C13H22N4O. The highest BCUT2D eigenvalue weighted by molar-refractivity contribution is 5.37. The first-order valence-corrected chi connectivity index (χ1v) is 6.57. The largest absolute Gasteiger partial charge is 0.349 e. The minimum absolute atomic E-state index is 0.00815. The van der Waals surface area contributed by atoms with Gasteiger partial charge in [0.25, 0.3) is 5.56 Å². The number of nitrogens with one attached hydrogen (secondary N) is 1. The third-order valence-corrected chi connectivity index (χ3v) is 3.26. The fourth-order valence-electron chi connectivity index (χ4n) is 2.54. The molecule has 0 saturated carbocycles. The van der Waals surface area contributed by atoms with Gasteiger partial charge in [0, 0.05) is 43.6 Å². The number of anilines is 1. The molecule has 0 aliphatic carbocycles. The molecule has 2 atom stereocenters. The molecule has 1 aliphatic rings. The summed E-state index contributed by atoms with van der Waals surface area (Å²) in [7, 11) is 0. The van der Waals surface area contributed by atoms with Crippen molar-refractivity contribution in [3.63, 3.8) is 0 Å². The summed E-state index contributed by atoms with van der Waals surface area (Å²) in [6, 6.07) is 0.919. The average Bonchev–Trinajstić information content (AvgIpc) is 2.27. The summed E-state index contributed by atoms with van der Waals surface area (Å²) < 4.78 is 1.74. The van der Waals surface area contributed by atoms with Crippen LogP contribution >= 0.6 is 0 Å². The summed E-state index contributed by atoms with van der Waals surface area (Å²) >= 11 is 0. The fourth-order valence-corrected chi connectivity index (χ4v) is 2.54. The Hall–Kier alpha value is -1.36. The molecule has 0 radical (unpaired) electrons. The van der Waals surface area contributed by atoms with Crippen LogP contribution in [0.2, 0.25) is 0 Å². The van der Waals surface area contributed by atoms with Crippen LogP contribution in [0.3, 0.4) is 0 Å². The van der Waals surface area contributed by atoms with E-state index < -0.39 is 0 Å². The molecule has 1 N–H and O–H groups in total. The van der Waals surface area contributed by atoms with E-state index in [1.807, 2.05) is 13.8 Å². The zero-order valence-corrected chi connectivity index (χ0v) is 11.6. The van der Waals surface area contributed by atoms with E-state index in [1.54, 1.807) is 17.0 Å². The lowest BCUT2D eigenvalue weighted by Crippen LogP contribution is -2.55. The van der Waals surface area contributed by atoms with Crippen LogP contribution in [0.1, 0.15) is 33.7 Å². The van der Waals surface area contributed by atoms with Crippen molar-refractivity contribution in [1.29, 1.82) is 0 Å². The average molecular weight is 250 g/mol. The van der Waals surface area contributed by atoms with Crippen LogP contribution in [0.4, 0.5) is 5.82 Å². The van der Waals surface area contributed by atoms with Crippen molar-refractivity contribution >= 4 is 5.82 Å². The van der Waals surface area contributed by atoms with Gasteiger partial charge in [0.05, 0.1) is 0 Å². The molecule has 2 heterocycles. The molecule has 1 aromatic rings. The molecule has 0 amide bonds. The first kappa shape index (κ1) is 13.1. The van der Waals surface area contributed by atoms with Crippen LogP contribution < -0.4 is 15.8 Å². The Bertz CT molecular complexity index is 458. The van der Waals surface area contributed by atoms with Crippen LogP contribution in [0, 0.1) is 0 Å². The second kappa shape index (κ2) is 5.10. The first-order valence-electron chi connectivity index (χ1n) is 6.57. The van der Waals surface area contributed by atoms with Gasteiger partial charge in [-0.25, -0.2) is 4.98 Å². The standard InChI is InChI=1S/C13H22N4O/c1-9(2)17-6-5-14-12(13(17)18)16-7-10(3)15-11(4)8-16/h5-6,9-11,15H,7-8H2,1-4H3. The summed E-state index contributed by atoms with van der Waals surface area (Å²) in [4.78, 5) is 18.7. The van der Waals surface area contributed by atoms with Gasteiger partial charge in [0.1, 0.15) is 0 Å². The van der Waals surface area contributed by atoms with E-state index in [-0.39, 0.29) is 11.6 Å². The molecule has 1 fully saturated rings. The number of piperazine rings is 1. The molecule has 0 spiro atoms. The molecule has 1 aromatic heterocycles. The lowest BCUT2D eigenvalue weighted by atomic mass is 10.1. The monoisotopic (exact) mass is 250 g/mol. The number of nitrogens with zero attached hydrogens (tertiary/aromatic N) is 3. The maximum absolute atomic E-state index is 12.4. The van der Waals surface area contributed by atoms with E-state index >= 15 is 0 Å². The van der Waals surface area contributed by atoms with Gasteiger partial charge in [0.2, 0.25) is 0 Å². The van der Waals surface area contributed by atoms with E-state index in [9.17, 15) is 4.79 Å². The summed E-state index contributed by atoms with van der Waals surface area (Å²) in [6.07, 6.45) is 3.47. The SMILES string of the molecule is CC1CN(c2nccn(C(C)C)c2=O)CC(C)N1. The van der Waals surface area contributed by atoms with Crippen molar-refractivity contribution in [2.45, 2.75) is 45.8 Å². The fraction of sp³-hybridized carbons (Fsp3) is 0.692. The van der Waals surface area contributed by atoms with Gasteiger partial charge in [-0.2, -0.15) is 0 Å². The molecule has 1 aliphatic heterocycles. The predicted molar refractivity (Wildman–Crippen MR) is 73.2 cm³/mol. The number of rotatable bonds is 2. The molecule has 1 saturated heterocycles. The second-order valence-corrected chi connectivity index (χ2v) is 5.43. The zero-order valence-electron chi connectivity index (χ0n) is 11.6. The van der Waals surface area contributed by atoms with E-state index in [4.69, 9.17) is 0 Å². The highest BCUT2D eigenvalue weighted by atomic mass is 16.1. The van der Waals surface area contributed by atoms with Crippen molar-refractivity contribution < 1.29 is 0 Å². The van der Waals surface area contributed by atoms with Gasteiger partial charge in [-0.1, -0.05) is 0 Å². The van der Waals surface area contributed by atoms with E-state index in [2.05, 4.69) is 29.0 Å². The number of hydrogen-bond donors (Lipinski definition) is 1. The van der Waals surface area contributed by atoms with E-state index in [0.29, 0.717) is 17.9 Å². The predicted octanol–water partition coefficient (Wildman–Crippen LogP) is 1.01. The van der Waals surface area contributed by atoms with Crippen LogP contribution in [0.25, 0.3) is 0 Å². The topological polar surface area (TPSA) is 50.2 Å². The summed E-state index contributed by atoms with van der Waals surface area (Å²) in [5, 5.41) is 3.46. The lowest BCUT2D eigenvalue weighted by molar-refractivity contribution is 0.403. The molecule has 0 aromatic carbocycles. The van der Waals surface area contributed by atoms with Crippen molar-refractivity contribution in [2.24, 2.45) is 0 Å². The molecular weight excluding hydrogens is 228 g/mol. The Kier molecular flexibility index (Phi) is 3.71. The van der Waals surface area contributed by atoms with Crippen molar-refractivity contribution in [2.75, 3.05) is 18.0 Å². The Balaban J connectivity index is 2.33. The van der Waals surface area contributed by atoms with E-state index in [1.165, 1.54) is 0 Å². The highest BCUT2D eigenvalue weighted by Crippen LogP contribution is 2.11. The van der Waals surface area contributed by atoms with Crippen LogP contribution in [0.5, 0.6) is 0 Å². The van der Waals surface area contributed by atoms with Crippen LogP contribution in [0.15, 0.2) is 17.2 Å². The maximum Gasteiger partial charge on any atom is 0.293 e. The Morgan fingerprint density at radius 1 is 1.33 bits per heavy atom. The summed E-state index contributed by atoms with van der Waals surface area (Å²) in [5.74, 6) is 0.575. The normalized spacial score (nSPS) is 24.6. The van der Waals surface area contributed by atoms with Gasteiger partial charge in [-0.3, -0.25) is 4.79 Å². The molecule has 18 heavy (non-hydrogen) atoms. The van der Waals surface area contributed by atoms with E-state index in [0.717, 1.165) is 13.1 Å². The summed E-state index contributed by atoms with van der Waals surface area (Å²) in [6.45, 7) is 9.94. The van der Waals surface area contributed by atoms with Crippen LogP contribution in [-0.2, 0) is 0 Å². The van der Waals surface area contributed by atoms with Crippen molar-refractivity contribution in [3.8, 4) is 0 Å².